The van der Waals surface area contributed by atoms with Gasteiger partial charge in [-0.2, -0.15) is 0 Å². The molecule has 78 valence electrons. The first-order valence-corrected chi connectivity index (χ1v) is 4.69. The minimum atomic E-state index is -0.641. The Labute approximate surface area is 90.1 Å². The maximum atomic E-state index is 11.7. The van der Waals surface area contributed by atoms with Crippen LogP contribution in [0.15, 0.2) is 34.7 Å². The number of furan rings is 1. The zero-order chi connectivity index (χ0) is 11.3. The summed E-state index contributed by atoms with van der Waals surface area (Å²) >= 11 is 0. The molecule has 4 nitrogen and oxygen atoms in total. The predicted octanol–water partition coefficient (Wildman–Crippen LogP) is 2.03. The Kier molecular flexibility index (Phi) is 1.57. The molecule has 0 atom stereocenters. The minimum Gasteiger partial charge on any atom is -0.481 e. The Morgan fingerprint density at radius 3 is 2.31 bits per heavy atom. The average molecular weight is 214 g/mol. The summed E-state index contributed by atoms with van der Waals surface area (Å²) in [5.41, 5.74) is 0.984. The molecule has 0 radical (unpaired) electrons. The van der Waals surface area contributed by atoms with Gasteiger partial charge in [-0.3, -0.25) is 9.59 Å². The van der Waals surface area contributed by atoms with Gasteiger partial charge in [-0.25, -0.2) is 0 Å². The fraction of sp³-hybridized carbons (Fsp3) is 0. The van der Waals surface area contributed by atoms with Gasteiger partial charge in [0.15, 0.2) is 5.76 Å². The van der Waals surface area contributed by atoms with Crippen LogP contribution in [0.25, 0.3) is 11.3 Å². The van der Waals surface area contributed by atoms with Crippen LogP contribution in [0.1, 0.15) is 20.7 Å². The van der Waals surface area contributed by atoms with Gasteiger partial charge in [0.1, 0.15) is 0 Å². The van der Waals surface area contributed by atoms with E-state index in [1.54, 1.807) is 24.3 Å². The van der Waals surface area contributed by atoms with Gasteiger partial charge in [0.2, 0.25) is 11.6 Å². The second-order valence-electron chi connectivity index (χ2n) is 3.53. The first kappa shape index (κ1) is 8.91. The molecule has 2 aromatic rings. The quantitative estimate of drug-likeness (QED) is 0.681. The maximum Gasteiger partial charge on any atom is 0.283 e. The lowest BCUT2D eigenvalue weighted by atomic mass is 9.89. The van der Waals surface area contributed by atoms with Gasteiger partial charge < -0.3 is 9.52 Å². The molecule has 1 heterocycles. The summed E-state index contributed by atoms with van der Waals surface area (Å²) < 4.78 is 5.03. The van der Waals surface area contributed by atoms with Gasteiger partial charge in [-0.05, 0) is 0 Å². The van der Waals surface area contributed by atoms with Gasteiger partial charge in [0.05, 0.1) is 5.56 Å². The van der Waals surface area contributed by atoms with E-state index >= 15 is 0 Å². The number of rotatable bonds is 0. The summed E-state index contributed by atoms with van der Waals surface area (Å²) in [6.45, 7) is 0. The molecule has 3 rings (SSSR count). The highest BCUT2D eigenvalue weighted by Crippen LogP contribution is 2.37. The summed E-state index contributed by atoms with van der Waals surface area (Å²) in [7, 11) is 0. The Balaban J connectivity index is 2.41. The SMILES string of the molecule is O=C1C(=O)c2cc(O)oc2-c2ccccc21. The van der Waals surface area contributed by atoms with Crippen molar-refractivity contribution in [3.8, 4) is 17.3 Å². The van der Waals surface area contributed by atoms with Gasteiger partial charge in [-0.1, -0.05) is 24.3 Å². The van der Waals surface area contributed by atoms with E-state index in [4.69, 9.17) is 4.42 Å². The summed E-state index contributed by atoms with van der Waals surface area (Å²) in [4.78, 5) is 23.4. The highest BCUT2D eigenvalue weighted by Gasteiger charge is 2.33. The molecule has 0 amide bonds. The van der Waals surface area contributed by atoms with Crippen molar-refractivity contribution in [1.82, 2.24) is 0 Å². The lowest BCUT2D eigenvalue weighted by Gasteiger charge is -2.11. The number of fused-ring (bicyclic) bond motifs is 3. The van der Waals surface area contributed by atoms with Crippen molar-refractivity contribution in [2.75, 3.05) is 0 Å². The number of benzene rings is 1. The Bertz CT molecular complexity index is 622. The van der Waals surface area contributed by atoms with Crippen molar-refractivity contribution in [3.05, 3.63) is 41.5 Å². The van der Waals surface area contributed by atoms with Crippen LogP contribution in [0.5, 0.6) is 5.95 Å². The lowest BCUT2D eigenvalue weighted by Crippen LogP contribution is -2.19. The smallest absolute Gasteiger partial charge is 0.283 e. The van der Waals surface area contributed by atoms with E-state index in [9.17, 15) is 14.7 Å². The van der Waals surface area contributed by atoms with Crippen molar-refractivity contribution in [2.45, 2.75) is 0 Å². The molecule has 0 spiro atoms. The van der Waals surface area contributed by atoms with Crippen LogP contribution in [-0.2, 0) is 0 Å². The third-order valence-corrected chi connectivity index (χ3v) is 2.59. The molecule has 1 aliphatic carbocycles. The zero-order valence-electron chi connectivity index (χ0n) is 8.06. The average Bonchev–Trinajstić information content (AvgIpc) is 2.68. The molecule has 0 saturated heterocycles. The molecule has 1 aliphatic rings. The monoisotopic (exact) mass is 214 g/mol. The molecule has 1 aromatic carbocycles. The maximum absolute atomic E-state index is 11.7. The summed E-state index contributed by atoms with van der Waals surface area (Å²) in [6, 6.07) is 7.84. The third kappa shape index (κ3) is 0.982. The van der Waals surface area contributed by atoms with Crippen molar-refractivity contribution in [3.63, 3.8) is 0 Å². The summed E-state index contributed by atoms with van der Waals surface area (Å²) in [5.74, 6) is -1.30. The fourth-order valence-corrected chi connectivity index (χ4v) is 1.87. The lowest BCUT2D eigenvalue weighted by molar-refractivity contribution is 0.0814. The number of Topliss-reactive ketones (excluding diaryl/α,β-unsaturated/α-hetero) is 2. The first-order valence-electron chi connectivity index (χ1n) is 4.69. The molecule has 1 aromatic heterocycles. The van der Waals surface area contributed by atoms with Crippen LogP contribution in [0.4, 0.5) is 0 Å². The number of ketones is 2. The van der Waals surface area contributed by atoms with Gasteiger partial charge in [0, 0.05) is 17.2 Å². The normalized spacial score (nSPS) is 13.5. The standard InChI is InChI=1S/C12H6O4/c13-9-5-8-11(15)10(14)6-3-1-2-4-7(6)12(8)16-9/h1-5,13H. The third-order valence-electron chi connectivity index (χ3n) is 2.59. The minimum absolute atomic E-state index is 0.126. The van der Waals surface area contributed by atoms with Gasteiger partial charge in [-0.15, -0.1) is 0 Å². The van der Waals surface area contributed by atoms with Crippen molar-refractivity contribution in [2.24, 2.45) is 0 Å². The van der Waals surface area contributed by atoms with Crippen molar-refractivity contribution in [1.29, 1.82) is 0 Å². The van der Waals surface area contributed by atoms with E-state index < -0.39 is 11.6 Å². The van der Waals surface area contributed by atoms with Gasteiger partial charge >= 0.3 is 0 Å². The highest BCUT2D eigenvalue weighted by atomic mass is 16.5. The van der Waals surface area contributed by atoms with Crippen molar-refractivity contribution < 1.29 is 19.1 Å². The summed E-state index contributed by atoms with van der Waals surface area (Å²) in [5, 5.41) is 9.22. The summed E-state index contributed by atoms with van der Waals surface area (Å²) in [6.07, 6.45) is 0. The Morgan fingerprint density at radius 2 is 1.56 bits per heavy atom. The molecule has 0 unspecified atom stereocenters. The molecule has 0 saturated carbocycles. The Morgan fingerprint density at radius 1 is 0.938 bits per heavy atom. The van der Waals surface area contributed by atoms with E-state index in [-0.39, 0.29) is 17.3 Å². The fourth-order valence-electron chi connectivity index (χ4n) is 1.87. The molecular weight excluding hydrogens is 208 g/mol. The number of carbonyl (C=O) groups is 2. The molecule has 0 fully saturated rings. The Hall–Kier alpha value is -2.36. The molecule has 0 bridgehead atoms. The largest absolute Gasteiger partial charge is 0.481 e. The van der Waals surface area contributed by atoms with Crippen LogP contribution in [-0.4, -0.2) is 16.7 Å². The second kappa shape index (κ2) is 2.82. The zero-order valence-corrected chi connectivity index (χ0v) is 8.06. The van der Waals surface area contributed by atoms with Gasteiger partial charge in [0.25, 0.3) is 5.95 Å². The molecule has 0 aliphatic heterocycles. The van der Waals surface area contributed by atoms with Crippen LogP contribution < -0.4 is 0 Å². The molecule has 4 heteroatoms. The van der Waals surface area contributed by atoms with E-state index in [1.807, 2.05) is 0 Å². The number of carbonyl (C=O) groups excluding carboxylic acids is 2. The molecular formula is C12H6O4. The predicted molar refractivity (Wildman–Crippen MR) is 54.5 cm³/mol. The van der Waals surface area contributed by atoms with E-state index in [0.29, 0.717) is 11.1 Å². The topological polar surface area (TPSA) is 67.5 Å². The van der Waals surface area contributed by atoms with Crippen LogP contribution in [0.2, 0.25) is 0 Å². The van der Waals surface area contributed by atoms with Crippen LogP contribution in [0.3, 0.4) is 0 Å². The number of hydrogen-bond acceptors (Lipinski definition) is 4. The van der Waals surface area contributed by atoms with Crippen LogP contribution in [0, 0.1) is 0 Å². The van der Waals surface area contributed by atoms with Crippen molar-refractivity contribution >= 4 is 11.6 Å². The van der Waals surface area contributed by atoms with Crippen LogP contribution >= 0.6 is 0 Å². The number of aromatic hydroxyl groups is 1. The van der Waals surface area contributed by atoms with E-state index in [1.165, 1.54) is 6.07 Å². The first-order chi connectivity index (χ1) is 7.68. The molecule has 16 heavy (non-hydrogen) atoms. The van der Waals surface area contributed by atoms with E-state index in [2.05, 4.69) is 0 Å². The highest BCUT2D eigenvalue weighted by molar-refractivity contribution is 6.52. The molecule has 1 N–H and O–H groups in total. The van der Waals surface area contributed by atoms with E-state index in [0.717, 1.165) is 0 Å². The second-order valence-corrected chi connectivity index (χ2v) is 3.53. The number of hydrogen-bond donors (Lipinski definition) is 1.